The lowest BCUT2D eigenvalue weighted by Gasteiger charge is -2.50. The van der Waals surface area contributed by atoms with Crippen LogP contribution in [0.15, 0.2) is 42.6 Å². The minimum atomic E-state index is -0.872. The Bertz CT molecular complexity index is 737. The van der Waals surface area contributed by atoms with Gasteiger partial charge in [-0.05, 0) is 35.1 Å². The van der Waals surface area contributed by atoms with Crippen molar-refractivity contribution in [3.05, 3.63) is 65.0 Å². The molecule has 110 valence electrons. The van der Waals surface area contributed by atoms with Gasteiger partial charge in [0.25, 0.3) is 0 Å². The zero-order valence-corrected chi connectivity index (χ0v) is 12.2. The maximum atomic E-state index is 12.9. The first-order valence-corrected chi connectivity index (χ1v) is 7.50. The molecule has 0 spiro atoms. The van der Waals surface area contributed by atoms with Crippen LogP contribution in [-0.4, -0.2) is 17.3 Å². The van der Waals surface area contributed by atoms with Crippen molar-refractivity contribution in [2.24, 2.45) is 5.92 Å². The molecule has 4 nitrogen and oxygen atoms in total. The lowest BCUT2D eigenvalue weighted by Crippen LogP contribution is -2.56. The Hall–Kier alpha value is -2.49. The van der Waals surface area contributed by atoms with Gasteiger partial charge in [0.05, 0.1) is 5.69 Å². The molecule has 4 heteroatoms. The van der Waals surface area contributed by atoms with Gasteiger partial charge >= 0.3 is 0 Å². The molecule has 0 fully saturated rings. The quantitative estimate of drug-likeness (QED) is 0.863. The standard InChI is InChI=1S/C18H16N2O2/c1-11-9-14-12-5-2-3-7-15(12)18(11,17(22)20-10-21)16-13(14)6-4-8-19-16/h2-8,10-11,14H,9H2,1H3,(H,20,21,22). The van der Waals surface area contributed by atoms with E-state index in [-0.39, 0.29) is 17.7 Å². The van der Waals surface area contributed by atoms with Crippen LogP contribution in [0.2, 0.25) is 0 Å². The fourth-order valence-electron chi connectivity index (χ4n) is 4.39. The summed E-state index contributed by atoms with van der Waals surface area (Å²) in [4.78, 5) is 28.4. The smallest absolute Gasteiger partial charge is 0.243 e. The van der Waals surface area contributed by atoms with Gasteiger partial charge in [0.2, 0.25) is 12.3 Å². The highest BCUT2D eigenvalue weighted by Crippen LogP contribution is 2.58. The van der Waals surface area contributed by atoms with Crippen molar-refractivity contribution in [1.29, 1.82) is 0 Å². The summed E-state index contributed by atoms with van der Waals surface area (Å²) in [5, 5.41) is 2.38. The number of rotatable bonds is 2. The van der Waals surface area contributed by atoms with Crippen LogP contribution in [-0.2, 0) is 15.0 Å². The van der Waals surface area contributed by atoms with Gasteiger partial charge in [-0.25, -0.2) is 0 Å². The molecular formula is C18H16N2O2. The Morgan fingerprint density at radius 2 is 2.05 bits per heavy atom. The SMILES string of the molecule is CC1CC2c3ccccc3C1(C(=O)NC=O)c1ncccc12. The highest BCUT2D eigenvalue weighted by Gasteiger charge is 2.58. The molecule has 5 rings (SSSR count). The highest BCUT2D eigenvalue weighted by molar-refractivity contribution is 5.99. The normalized spacial score (nSPS) is 27.7. The summed E-state index contributed by atoms with van der Waals surface area (Å²) in [7, 11) is 0. The monoisotopic (exact) mass is 292 g/mol. The molecule has 1 aromatic carbocycles. The number of fused-ring (bicyclic) bond motifs is 1. The third-order valence-electron chi connectivity index (χ3n) is 5.23. The molecule has 1 N–H and O–H groups in total. The molecule has 3 aliphatic rings. The van der Waals surface area contributed by atoms with Gasteiger partial charge in [-0.2, -0.15) is 0 Å². The number of amides is 2. The maximum Gasteiger partial charge on any atom is 0.243 e. The molecule has 0 saturated heterocycles. The zero-order chi connectivity index (χ0) is 15.3. The van der Waals surface area contributed by atoms with E-state index in [9.17, 15) is 9.59 Å². The number of hydrogen-bond donors (Lipinski definition) is 1. The summed E-state index contributed by atoms with van der Waals surface area (Å²) in [6.45, 7) is 2.07. The van der Waals surface area contributed by atoms with Crippen molar-refractivity contribution < 1.29 is 9.59 Å². The molecule has 0 aliphatic heterocycles. The molecule has 1 heterocycles. The Balaban J connectivity index is 2.09. The van der Waals surface area contributed by atoms with E-state index in [0.717, 1.165) is 23.2 Å². The lowest BCUT2D eigenvalue weighted by molar-refractivity contribution is -0.131. The summed E-state index contributed by atoms with van der Waals surface area (Å²) < 4.78 is 0. The Labute approximate surface area is 128 Å². The van der Waals surface area contributed by atoms with Crippen molar-refractivity contribution in [1.82, 2.24) is 10.3 Å². The number of carbonyl (C=O) groups excluding carboxylic acids is 2. The van der Waals surface area contributed by atoms with Crippen molar-refractivity contribution in [2.75, 3.05) is 0 Å². The summed E-state index contributed by atoms with van der Waals surface area (Å²) in [5.74, 6) is 0.0936. The van der Waals surface area contributed by atoms with Crippen molar-refractivity contribution >= 4 is 12.3 Å². The number of imide groups is 1. The van der Waals surface area contributed by atoms with Crippen LogP contribution in [0.1, 0.15) is 41.6 Å². The maximum absolute atomic E-state index is 12.9. The molecule has 2 amide bonds. The van der Waals surface area contributed by atoms with Crippen molar-refractivity contribution in [2.45, 2.75) is 24.7 Å². The number of benzene rings is 1. The van der Waals surface area contributed by atoms with Crippen molar-refractivity contribution in [3.63, 3.8) is 0 Å². The number of nitrogens with zero attached hydrogens (tertiary/aromatic N) is 1. The second-order valence-corrected chi connectivity index (χ2v) is 6.12. The predicted molar refractivity (Wildman–Crippen MR) is 81.3 cm³/mol. The Kier molecular flexibility index (Phi) is 2.70. The van der Waals surface area contributed by atoms with Crippen LogP contribution in [0.25, 0.3) is 0 Å². The fourth-order valence-corrected chi connectivity index (χ4v) is 4.39. The third kappa shape index (κ3) is 1.39. The molecule has 1 aromatic heterocycles. The average Bonchev–Trinajstić information content (AvgIpc) is 2.55. The van der Waals surface area contributed by atoms with Gasteiger partial charge in [0.15, 0.2) is 0 Å². The van der Waals surface area contributed by atoms with E-state index >= 15 is 0 Å². The number of nitrogens with one attached hydrogen (secondary N) is 1. The molecule has 0 saturated carbocycles. The Morgan fingerprint density at radius 3 is 2.86 bits per heavy atom. The van der Waals surface area contributed by atoms with Crippen LogP contribution in [0.3, 0.4) is 0 Å². The molecule has 2 aromatic rings. The first-order chi connectivity index (χ1) is 10.7. The molecule has 3 aliphatic carbocycles. The van der Waals surface area contributed by atoms with E-state index in [1.54, 1.807) is 6.20 Å². The van der Waals surface area contributed by atoms with E-state index in [4.69, 9.17) is 0 Å². The minimum absolute atomic E-state index is 0.0924. The van der Waals surface area contributed by atoms with Gasteiger partial charge in [0, 0.05) is 12.1 Å². The number of hydrogen-bond acceptors (Lipinski definition) is 3. The second-order valence-electron chi connectivity index (χ2n) is 6.12. The van der Waals surface area contributed by atoms with Crippen LogP contribution in [0.5, 0.6) is 0 Å². The van der Waals surface area contributed by atoms with Gasteiger partial charge in [-0.3, -0.25) is 19.9 Å². The summed E-state index contributed by atoms with van der Waals surface area (Å²) in [6.07, 6.45) is 3.09. The Morgan fingerprint density at radius 1 is 1.27 bits per heavy atom. The topological polar surface area (TPSA) is 59.1 Å². The average molecular weight is 292 g/mol. The first kappa shape index (κ1) is 13.2. The van der Waals surface area contributed by atoms with E-state index in [1.807, 2.05) is 24.3 Å². The molecule has 3 unspecified atom stereocenters. The van der Waals surface area contributed by atoms with Crippen LogP contribution < -0.4 is 5.32 Å². The van der Waals surface area contributed by atoms with Gasteiger partial charge in [-0.1, -0.05) is 37.3 Å². The van der Waals surface area contributed by atoms with Crippen molar-refractivity contribution in [3.8, 4) is 0 Å². The molecule has 2 bridgehead atoms. The molecule has 22 heavy (non-hydrogen) atoms. The summed E-state index contributed by atoms with van der Waals surface area (Å²) in [6, 6.07) is 12.0. The first-order valence-electron chi connectivity index (χ1n) is 7.50. The van der Waals surface area contributed by atoms with Crippen LogP contribution in [0, 0.1) is 5.92 Å². The summed E-state index contributed by atoms with van der Waals surface area (Å²) >= 11 is 0. The van der Waals surface area contributed by atoms with Gasteiger partial charge in [-0.15, -0.1) is 0 Å². The van der Waals surface area contributed by atoms with E-state index in [2.05, 4.69) is 29.4 Å². The lowest BCUT2D eigenvalue weighted by atomic mass is 9.52. The molecule has 3 atom stereocenters. The van der Waals surface area contributed by atoms with E-state index in [1.165, 1.54) is 5.56 Å². The predicted octanol–water partition coefficient (Wildman–Crippen LogP) is 2.13. The van der Waals surface area contributed by atoms with Crippen LogP contribution in [0.4, 0.5) is 0 Å². The highest BCUT2D eigenvalue weighted by atomic mass is 16.2. The largest absolute Gasteiger partial charge is 0.298 e. The minimum Gasteiger partial charge on any atom is -0.298 e. The number of pyridine rings is 1. The third-order valence-corrected chi connectivity index (χ3v) is 5.23. The van der Waals surface area contributed by atoms with Gasteiger partial charge < -0.3 is 0 Å². The number of aromatic nitrogens is 1. The summed E-state index contributed by atoms with van der Waals surface area (Å²) in [5.41, 5.74) is 3.21. The molecule has 0 radical (unpaired) electrons. The van der Waals surface area contributed by atoms with Gasteiger partial charge in [0.1, 0.15) is 5.41 Å². The fraction of sp³-hybridized carbons (Fsp3) is 0.278. The van der Waals surface area contributed by atoms with E-state index < -0.39 is 5.41 Å². The van der Waals surface area contributed by atoms with Crippen LogP contribution >= 0.6 is 0 Å². The molecular weight excluding hydrogens is 276 g/mol. The zero-order valence-electron chi connectivity index (χ0n) is 12.2. The number of carbonyl (C=O) groups is 2. The second kappa shape index (κ2) is 4.50. The van der Waals surface area contributed by atoms with E-state index in [0.29, 0.717) is 6.41 Å².